The summed E-state index contributed by atoms with van der Waals surface area (Å²) in [5.41, 5.74) is 1.39. The van der Waals surface area contributed by atoms with Gasteiger partial charge >= 0.3 is 17.9 Å². The Morgan fingerprint density at radius 2 is 1.04 bits per heavy atom. The van der Waals surface area contributed by atoms with Crippen LogP contribution in [0.25, 0.3) is 0 Å². The average molecular weight is 1030 g/mol. The highest BCUT2D eigenvalue weighted by atomic mass is 32.2. The number of aliphatic hydroxyl groups excluding tert-OH is 1. The van der Waals surface area contributed by atoms with E-state index < -0.39 is 62.0 Å². The van der Waals surface area contributed by atoms with Crippen molar-refractivity contribution < 1.29 is 61.9 Å². The number of likely N-dealkylation sites (tertiary alicyclic amines) is 2. The summed E-state index contributed by atoms with van der Waals surface area (Å²) in [5.74, 6) is -2.33. The molecular weight excluding hydrogens is 953 g/mol. The zero-order valence-electron chi connectivity index (χ0n) is 42.2. The minimum absolute atomic E-state index is 0.202. The third kappa shape index (κ3) is 13.9. The predicted molar refractivity (Wildman–Crippen MR) is 272 cm³/mol. The van der Waals surface area contributed by atoms with Crippen LogP contribution in [0, 0.1) is 29.1 Å². The summed E-state index contributed by atoms with van der Waals surface area (Å²) in [5, 5.41) is 54.3. The number of carbonyl (C=O) groups is 3. The number of anilines is 2. The maximum Gasteiger partial charge on any atom is 0.336 e. The van der Waals surface area contributed by atoms with Crippen molar-refractivity contribution in [1.29, 1.82) is 0 Å². The van der Waals surface area contributed by atoms with Crippen LogP contribution < -0.4 is 9.44 Å². The zero-order valence-corrected chi connectivity index (χ0v) is 43.8. The number of carboxylic acids is 3. The molecule has 2 aliphatic heterocycles. The van der Waals surface area contributed by atoms with E-state index in [2.05, 4.69) is 45.2 Å². The number of hydrogen-bond acceptors (Lipinski definition) is 12. The second-order valence-electron chi connectivity index (χ2n) is 22.0. The molecule has 8 rings (SSSR count). The number of piperidine rings is 2. The Morgan fingerprint density at radius 3 is 1.39 bits per heavy atom. The van der Waals surface area contributed by atoms with E-state index in [4.69, 9.17) is 20.4 Å². The van der Waals surface area contributed by atoms with Crippen LogP contribution >= 0.6 is 0 Å². The number of benzene rings is 2. The van der Waals surface area contributed by atoms with Gasteiger partial charge in [-0.2, -0.15) is 0 Å². The highest BCUT2D eigenvalue weighted by Gasteiger charge is 2.68. The van der Waals surface area contributed by atoms with E-state index in [0.29, 0.717) is 41.7 Å². The van der Waals surface area contributed by atoms with Gasteiger partial charge in [-0.3, -0.25) is 19.0 Å². The first-order valence-corrected chi connectivity index (χ1v) is 29.5. The molecule has 2 aromatic rings. The lowest BCUT2D eigenvalue weighted by Gasteiger charge is -2.33. The van der Waals surface area contributed by atoms with Gasteiger partial charge in [0.2, 0.25) is 20.0 Å². The minimum Gasteiger partial charge on any atom is -0.481 e. The highest BCUT2D eigenvalue weighted by Crippen LogP contribution is 2.66. The number of sulfonamides is 2. The second kappa shape index (κ2) is 22.7. The molecule has 71 heavy (non-hydrogen) atoms. The van der Waals surface area contributed by atoms with Gasteiger partial charge in [0.25, 0.3) is 0 Å². The maximum absolute atomic E-state index is 11.6. The van der Waals surface area contributed by atoms with Crippen LogP contribution in [-0.2, 0) is 45.3 Å². The highest BCUT2D eigenvalue weighted by molar-refractivity contribution is 7.92. The summed E-state index contributed by atoms with van der Waals surface area (Å²) in [7, 11) is -6.51. The normalized spacial score (nSPS) is 27.5. The largest absolute Gasteiger partial charge is 0.481 e. The zero-order chi connectivity index (χ0) is 52.0. The quantitative estimate of drug-likeness (QED) is 0.0663. The van der Waals surface area contributed by atoms with Gasteiger partial charge < -0.3 is 40.4 Å². The molecule has 4 unspecified atom stereocenters. The van der Waals surface area contributed by atoms with E-state index in [0.717, 1.165) is 84.2 Å². The monoisotopic (exact) mass is 1030 g/mol. The molecule has 2 heterocycles. The molecule has 19 heteroatoms. The smallest absolute Gasteiger partial charge is 0.336 e. The van der Waals surface area contributed by atoms with Crippen molar-refractivity contribution in [1.82, 2.24) is 9.80 Å². The van der Waals surface area contributed by atoms with E-state index in [1.165, 1.54) is 75.0 Å². The first-order chi connectivity index (χ1) is 33.4. The van der Waals surface area contributed by atoms with Crippen LogP contribution in [0.5, 0.6) is 0 Å². The molecular formula is C52H80N4O13S2. The standard InChI is InChI=1S/2C23H36N2O3S.C6H8O7/c1-3-23(18-8-6-9-19(14-18)24-29(2,27)28)20-15-25(16-21(20)23)13-7-12-22(17-26)10-4-5-11-22;1-3-23(18-9-7-10-19(15-18)24-29(2,27)28)20-16-25(17-21(20)23)14-8-13-22(26)11-5-4-6-12-22;7-3(8)1-6(13,5(11)12)2-4(9)10/h6,8-9,14,20-21,24,26H,3-5,7,10-13,15-17H2,1-2H3;7,9-10,15,20-21,24,26H,3-6,8,11-14,16-17H2,1-2H3;13H,1-2H2,(H,7,8)(H,9,10)(H,11,12). The lowest BCUT2D eigenvalue weighted by atomic mass is 9.81. The minimum atomic E-state index is -3.26. The van der Waals surface area contributed by atoms with E-state index in [9.17, 15) is 41.4 Å². The molecule has 17 nitrogen and oxygen atoms in total. The number of hydrogen-bond donors (Lipinski definition) is 8. The number of nitrogens with zero attached hydrogens (tertiary/aromatic N) is 2. The van der Waals surface area contributed by atoms with E-state index in [-0.39, 0.29) is 16.2 Å². The van der Waals surface area contributed by atoms with Crippen molar-refractivity contribution >= 4 is 49.3 Å². The Labute approximate surface area is 420 Å². The summed E-state index contributed by atoms with van der Waals surface area (Å²) in [6.07, 6.45) is 17.2. The number of carboxylic acid groups (broad SMARTS) is 3. The topological polar surface area (TPSA) is 271 Å². The molecule has 6 fully saturated rings. The number of rotatable bonds is 22. The molecule has 0 aromatic heterocycles. The molecule has 0 bridgehead atoms. The molecule has 4 aliphatic carbocycles. The first kappa shape index (κ1) is 56.4. The van der Waals surface area contributed by atoms with Crippen molar-refractivity contribution in [3.63, 3.8) is 0 Å². The van der Waals surface area contributed by atoms with Crippen LogP contribution in [-0.4, -0.2) is 145 Å². The van der Waals surface area contributed by atoms with Gasteiger partial charge in [-0.05, 0) is 142 Å². The van der Waals surface area contributed by atoms with Crippen LogP contribution in [0.4, 0.5) is 11.4 Å². The molecule has 0 amide bonds. The van der Waals surface area contributed by atoms with Gasteiger partial charge in [-0.25, -0.2) is 21.6 Å². The third-order valence-electron chi connectivity index (χ3n) is 17.2. The average Bonchev–Trinajstić information content (AvgIpc) is 3.66. The summed E-state index contributed by atoms with van der Waals surface area (Å²) in [6, 6.07) is 16.0. The molecule has 4 atom stereocenters. The van der Waals surface area contributed by atoms with Crippen molar-refractivity contribution in [3.8, 4) is 0 Å². The Bertz CT molecular complexity index is 2360. The lowest BCUT2D eigenvalue weighted by molar-refractivity contribution is -0.170. The molecule has 2 saturated heterocycles. The van der Waals surface area contributed by atoms with Crippen molar-refractivity contribution in [2.75, 3.05) is 67.8 Å². The molecule has 0 radical (unpaired) electrons. The number of aliphatic carboxylic acids is 3. The van der Waals surface area contributed by atoms with Crippen LogP contribution in [0.3, 0.4) is 0 Å². The molecule has 2 aromatic carbocycles. The molecule has 6 aliphatic rings. The van der Waals surface area contributed by atoms with E-state index >= 15 is 0 Å². The molecule has 0 spiro atoms. The van der Waals surface area contributed by atoms with Gasteiger partial charge in [0.15, 0.2) is 5.60 Å². The van der Waals surface area contributed by atoms with Gasteiger partial charge in [0.05, 0.1) is 31.0 Å². The fraction of sp³-hybridized carbons (Fsp3) is 0.712. The summed E-state index contributed by atoms with van der Waals surface area (Å²) in [4.78, 5) is 35.7. The summed E-state index contributed by atoms with van der Waals surface area (Å²) < 4.78 is 51.6. The van der Waals surface area contributed by atoms with Crippen LogP contribution in [0.1, 0.15) is 134 Å². The fourth-order valence-corrected chi connectivity index (χ4v) is 14.7. The SMILES string of the molecule is CCC1(c2cccc(NS(C)(=O)=O)c2)C2CN(CCCC3(CO)CCCC3)CC21.CCC1(c2cccc(NS(C)(=O)=O)c2)C2CN(CCCC3(O)CCCCC3)CC21.O=C(O)CC(O)(CC(=O)O)C(=O)O. The second-order valence-corrected chi connectivity index (χ2v) is 25.5. The Morgan fingerprint density at radius 1 is 0.648 bits per heavy atom. The van der Waals surface area contributed by atoms with Crippen molar-refractivity contribution in [2.45, 2.75) is 145 Å². The van der Waals surface area contributed by atoms with E-state index in [1.54, 1.807) is 0 Å². The first-order valence-electron chi connectivity index (χ1n) is 25.7. The summed E-state index contributed by atoms with van der Waals surface area (Å²) in [6.45, 7) is 11.7. The Balaban J connectivity index is 0.000000188. The molecule has 4 saturated carbocycles. The third-order valence-corrected chi connectivity index (χ3v) is 18.4. The van der Waals surface area contributed by atoms with Crippen LogP contribution in [0.2, 0.25) is 0 Å². The number of nitrogens with one attached hydrogen (secondary N) is 2. The van der Waals surface area contributed by atoms with Crippen LogP contribution in [0.15, 0.2) is 48.5 Å². The van der Waals surface area contributed by atoms with Crippen molar-refractivity contribution in [2.24, 2.45) is 29.1 Å². The van der Waals surface area contributed by atoms with Gasteiger partial charge in [-0.15, -0.1) is 0 Å². The Hall–Kier alpha value is -3.85. The van der Waals surface area contributed by atoms with E-state index in [1.807, 2.05) is 36.4 Å². The fourth-order valence-electron chi connectivity index (χ4n) is 13.6. The van der Waals surface area contributed by atoms with Crippen molar-refractivity contribution in [3.05, 3.63) is 59.7 Å². The van der Waals surface area contributed by atoms with Gasteiger partial charge in [0, 0.05) is 55.0 Å². The lowest BCUT2D eigenvalue weighted by Crippen LogP contribution is -2.42. The van der Waals surface area contributed by atoms with Gasteiger partial charge in [0.1, 0.15) is 0 Å². The number of fused-ring (bicyclic) bond motifs is 2. The number of aliphatic hydroxyl groups is 3. The Kier molecular flexibility index (Phi) is 18.1. The summed E-state index contributed by atoms with van der Waals surface area (Å²) >= 11 is 0. The predicted octanol–water partition coefficient (Wildman–Crippen LogP) is 6.09. The molecule has 398 valence electrons. The maximum atomic E-state index is 11.6. The van der Waals surface area contributed by atoms with Gasteiger partial charge in [-0.1, -0.05) is 70.2 Å². The molecule has 8 N–H and O–H groups in total.